The smallest absolute Gasteiger partial charge is 0.267 e. The zero-order valence-corrected chi connectivity index (χ0v) is 15.6. The van der Waals surface area contributed by atoms with E-state index in [4.69, 9.17) is 4.74 Å². The number of nitrogens with zero attached hydrogens (tertiary/aromatic N) is 2. The van der Waals surface area contributed by atoms with Crippen molar-refractivity contribution >= 4 is 29.9 Å². The minimum Gasteiger partial charge on any atom is -0.479 e. The summed E-state index contributed by atoms with van der Waals surface area (Å²) in [6.45, 7) is 3.72. The Labute approximate surface area is 154 Å². The normalized spacial score (nSPS) is 20.6. The number of carbonyl (C=O) groups is 2. The van der Waals surface area contributed by atoms with E-state index in [1.807, 2.05) is 36.2 Å². The monoisotopic (exact) mass is 367 g/mol. The summed E-state index contributed by atoms with van der Waals surface area (Å²) < 4.78 is 5.63. The number of anilines is 1. The lowest BCUT2D eigenvalue weighted by Gasteiger charge is -2.34. The Bertz CT molecular complexity index is 617. The molecule has 138 valence electrons. The molecule has 1 aromatic carbocycles. The third kappa shape index (κ3) is 4.25. The summed E-state index contributed by atoms with van der Waals surface area (Å²) in [5.74, 6) is 0.733. The molecule has 0 saturated carbocycles. The summed E-state index contributed by atoms with van der Waals surface area (Å²) in [5, 5.41) is 3.26. The maximum Gasteiger partial charge on any atom is 0.267 e. The molecule has 1 atom stereocenters. The number of piperidine rings is 1. The van der Waals surface area contributed by atoms with Crippen molar-refractivity contribution in [3.05, 3.63) is 24.3 Å². The van der Waals surface area contributed by atoms with Crippen molar-refractivity contribution in [1.29, 1.82) is 0 Å². The van der Waals surface area contributed by atoms with Crippen LogP contribution in [0.15, 0.2) is 24.3 Å². The molecule has 3 rings (SSSR count). The number of ether oxygens (including phenoxy) is 1. The molecule has 1 fully saturated rings. The highest BCUT2D eigenvalue weighted by Gasteiger charge is 2.32. The summed E-state index contributed by atoms with van der Waals surface area (Å²) in [4.78, 5) is 28.5. The number of nitrogens with one attached hydrogen (secondary N) is 1. The number of hydrogen-bond donors (Lipinski definition) is 1. The summed E-state index contributed by atoms with van der Waals surface area (Å²) in [6.07, 6.45) is 1.80. The van der Waals surface area contributed by atoms with Gasteiger partial charge in [-0.3, -0.25) is 9.59 Å². The maximum absolute atomic E-state index is 12.5. The molecule has 1 unspecified atom stereocenters. The van der Waals surface area contributed by atoms with E-state index in [9.17, 15) is 9.59 Å². The average molecular weight is 368 g/mol. The number of hydrogen-bond acceptors (Lipinski definition) is 4. The molecule has 2 heterocycles. The molecule has 1 N–H and O–H groups in total. The second-order valence-corrected chi connectivity index (χ2v) is 6.41. The van der Waals surface area contributed by atoms with E-state index >= 15 is 0 Å². The molecular formula is C18H26ClN3O3. The summed E-state index contributed by atoms with van der Waals surface area (Å²) >= 11 is 0. The summed E-state index contributed by atoms with van der Waals surface area (Å²) in [6, 6.07) is 7.99. The molecule has 1 aromatic rings. The maximum atomic E-state index is 12.5. The molecule has 2 amide bonds. The molecule has 2 aliphatic heterocycles. The molecule has 0 spiro atoms. The molecule has 0 radical (unpaired) electrons. The van der Waals surface area contributed by atoms with Crippen LogP contribution in [-0.4, -0.2) is 55.5 Å². The molecule has 1 saturated heterocycles. The predicted octanol–water partition coefficient (Wildman–Crippen LogP) is 1.82. The third-order valence-corrected chi connectivity index (χ3v) is 4.88. The molecule has 0 aromatic heterocycles. The highest BCUT2D eigenvalue weighted by Crippen LogP contribution is 2.33. The van der Waals surface area contributed by atoms with Gasteiger partial charge in [0.25, 0.3) is 5.91 Å². The highest BCUT2D eigenvalue weighted by atomic mass is 35.5. The highest BCUT2D eigenvalue weighted by molar-refractivity contribution is 6.00. The Hall–Kier alpha value is -1.79. The predicted molar refractivity (Wildman–Crippen MR) is 99.4 cm³/mol. The fourth-order valence-corrected chi connectivity index (χ4v) is 3.37. The van der Waals surface area contributed by atoms with Crippen molar-refractivity contribution in [3.8, 4) is 5.75 Å². The minimum absolute atomic E-state index is 0. The van der Waals surface area contributed by atoms with Gasteiger partial charge in [0.15, 0.2) is 6.10 Å². The van der Waals surface area contributed by atoms with Crippen LogP contribution in [0, 0.1) is 0 Å². The van der Waals surface area contributed by atoms with Gasteiger partial charge in [0.05, 0.1) is 5.69 Å². The van der Waals surface area contributed by atoms with Crippen LogP contribution in [0.1, 0.15) is 26.2 Å². The Kier molecular flexibility index (Phi) is 6.67. The van der Waals surface area contributed by atoms with E-state index in [1.165, 1.54) is 0 Å². The molecule has 2 aliphatic rings. The van der Waals surface area contributed by atoms with Crippen LogP contribution in [0.4, 0.5) is 5.69 Å². The second kappa shape index (κ2) is 8.54. The molecule has 25 heavy (non-hydrogen) atoms. The largest absolute Gasteiger partial charge is 0.479 e. The number of amides is 2. The van der Waals surface area contributed by atoms with E-state index in [2.05, 4.69) is 5.32 Å². The summed E-state index contributed by atoms with van der Waals surface area (Å²) in [7, 11) is 1.96. The van der Waals surface area contributed by atoms with Gasteiger partial charge in [-0.1, -0.05) is 12.1 Å². The van der Waals surface area contributed by atoms with Gasteiger partial charge in [0.2, 0.25) is 5.91 Å². The first-order valence-corrected chi connectivity index (χ1v) is 8.62. The number of halogens is 1. The van der Waals surface area contributed by atoms with Crippen molar-refractivity contribution in [1.82, 2.24) is 10.2 Å². The number of benzene rings is 1. The fraction of sp³-hybridized carbons (Fsp3) is 0.556. The van der Waals surface area contributed by atoms with Crippen LogP contribution in [0.3, 0.4) is 0 Å². The van der Waals surface area contributed by atoms with Gasteiger partial charge >= 0.3 is 0 Å². The van der Waals surface area contributed by atoms with Gasteiger partial charge in [-0.05, 0) is 38.9 Å². The molecule has 7 heteroatoms. The van der Waals surface area contributed by atoms with E-state index in [-0.39, 0.29) is 24.2 Å². The van der Waals surface area contributed by atoms with Gasteiger partial charge in [0, 0.05) is 32.1 Å². The van der Waals surface area contributed by atoms with Crippen LogP contribution < -0.4 is 15.0 Å². The molecule has 0 bridgehead atoms. The van der Waals surface area contributed by atoms with Crippen molar-refractivity contribution in [2.24, 2.45) is 0 Å². The van der Waals surface area contributed by atoms with Crippen molar-refractivity contribution in [2.75, 3.05) is 31.6 Å². The van der Waals surface area contributed by atoms with Crippen LogP contribution in [0.25, 0.3) is 0 Å². The van der Waals surface area contributed by atoms with Gasteiger partial charge in [0.1, 0.15) is 5.75 Å². The van der Waals surface area contributed by atoms with Crippen LogP contribution in [0.2, 0.25) is 0 Å². The Morgan fingerprint density at radius 1 is 1.28 bits per heavy atom. The SMILES string of the molecule is CNC1CCN(C(=O)CCN2C(=O)C(C)Oc3ccccc32)CC1.Cl. The van der Waals surface area contributed by atoms with E-state index in [1.54, 1.807) is 11.8 Å². The standard InChI is InChI=1S/C18H25N3O3.ClH/c1-13-18(23)21(15-5-3-4-6-16(15)24-13)12-9-17(22)20-10-7-14(19-2)8-11-20;/h3-6,13-14,19H,7-12H2,1-2H3;1H. The van der Waals surface area contributed by atoms with Crippen LogP contribution in [-0.2, 0) is 9.59 Å². The lowest BCUT2D eigenvalue weighted by atomic mass is 10.0. The number of para-hydroxylation sites is 2. The van der Waals surface area contributed by atoms with Crippen molar-refractivity contribution in [2.45, 2.75) is 38.3 Å². The Balaban J connectivity index is 0.00000225. The zero-order valence-electron chi connectivity index (χ0n) is 14.7. The first-order chi connectivity index (χ1) is 11.6. The topological polar surface area (TPSA) is 61.9 Å². The van der Waals surface area contributed by atoms with Gasteiger partial charge in [-0.2, -0.15) is 0 Å². The minimum atomic E-state index is -0.513. The van der Waals surface area contributed by atoms with Crippen molar-refractivity contribution in [3.63, 3.8) is 0 Å². The molecular weight excluding hydrogens is 342 g/mol. The lowest BCUT2D eigenvalue weighted by molar-refractivity contribution is -0.132. The quantitative estimate of drug-likeness (QED) is 0.881. The average Bonchev–Trinajstić information content (AvgIpc) is 2.62. The van der Waals surface area contributed by atoms with E-state index in [0.717, 1.165) is 31.6 Å². The number of carbonyl (C=O) groups excluding carboxylic acids is 2. The Morgan fingerprint density at radius 2 is 1.96 bits per heavy atom. The van der Waals surface area contributed by atoms with Crippen molar-refractivity contribution < 1.29 is 14.3 Å². The third-order valence-electron chi connectivity index (χ3n) is 4.88. The second-order valence-electron chi connectivity index (χ2n) is 6.41. The summed E-state index contributed by atoms with van der Waals surface area (Å²) in [5.41, 5.74) is 0.752. The first kappa shape index (κ1) is 19.5. The number of rotatable bonds is 4. The molecule has 6 nitrogen and oxygen atoms in total. The van der Waals surface area contributed by atoms with Crippen LogP contribution >= 0.6 is 12.4 Å². The van der Waals surface area contributed by atoms with Gasteiger partial charge < -0.3 is 19.9 Å². The van der Waals surface area contributed by atoms with Gasteiger partial charge in [-0.15, -0.1) is 12.4 Å². The first-order valence-electron chi connectivity index (χ1n) is 8.62. The lowest BCUT2D eigenvalue weighted by Crippen LogP contribution is -2.47. The fourth-order valence-electron chi connectivity index (χ4n) is 3.37. The van der Waals surface area contributed by atoms with E-state index in [0.29, 0.717) is 24.8 Å². The van der Waals surface area contributed by atoms with Gasteiger partial charge in [-0.25, -0.2) is 0 Å². The zero-order chi connectivity index (χ0) is 17.1. The Morgan fingerprint density at radius 3 is 2.64 bits per heavy atom. The number of fused-ring (bicyclic) bond motifs is 1. The van der Waals surface area contributed by atoms with E-state index < -0.39 is 6.10 Å². The van der Waals surface area contributed by atoms with Crippen LogP contribution in [0.5, 0.6) is 5.75 Å². The molecule has 0 aliphatic carbocycles. The number of likely N-dealkylation sites (tertiary alicyclic amines) is 1.